The van der Waals surface area contributed by atoms with Crippen LogP contribution in [0.15, 0.2) is 30.0 Å². The number of aliphatic carboxylic acids is 1. The molecule has 13 heteroatoms. The monoisotopic (exact) mass is 611 g/mol. The second kappa shape index (κ2) is 11.3. The lowest BCUT2D eigenvalue weighted by atomic mass is 9.72. The van der Waals surface area contributed by atoms with E-state index < -0.39 is 95.0 Å². The van der Waals surface area contributed by atoms with Crippen LogP contribution in [0.1, 0.15) is 82.7 Å². The van der Waals surface area contributed by atoms with Gasteiger partial charge in [-0.1, -0.05) is 12.1 Å². The molecule has 0 radical (unpaired) electrons. The summed E-state index contributed by atoms with van der Waals surface area (Å²) in [6.07, 6.45) is -4.28. The summed E-state index contributed by atoms with van der Waals surface area (Å²) in [4.78, 5) is 51.1. The third kappa shape index (κ3) is 5.11. The summed E-state index contributed by atoms with van der Waals surface area (Å²) in [5.74, 6) is -4.61. The van der Waals surface area contributed by atoms with Gasteiger partial charge in [-0.25, -0.2) is 4.79 Å². The Morgan fingerprint density at radius 2 is 1.77 bits per heavy atom. The minimum absolute atomic E-state index is 0.0275. The van der Waals surface area contributed by atoms with Crippen molar-refractivity contribution in [1.29, 1.82) is 0 Å². The number of carbonyl (C=O) groups excluding carboxylic acids is 3. The SMILES string of the molecule is COc1cccc2c1C(=O)c1c(O)c3c(c(O)c1C2=O)C[C@@](O)(C(C)=O)C[C@@H]3O[C@H]1C[C@H](N/C(C)=C/C(=O)O)[C@H](O)[C@H](C)O1. The maximum atomic E-state index is 13.8. The number of hydrogen-bond donors (Lipinski definition) is 6. The van der Waals surface area contributed by atoms with Crippen LogP contribution in [0.3, 0.4) is 0 Å². The number of aliphatic hydroxyl groups excluding tert-OH is 1. The maximum absolute atomic E-state index is 13.8. The number of fused-ring (bicyclic) bond motifs is 3. The van der Waals surface area contributed by atoms with Crippen LogP contribution in [0.2, 0.25) is 0 Å². The zero-order valence-corrected chi connectivity index (χ0v) is 24.4. The lowest BCUT2D eigenvalue weighted by Gasteiger charge is -2.43. The number of nitrogens with one attached hydrogen (secondary N) is 1. The minimum Gasteiger partial charge on any atom is -0.507 e. The normalized spacial score (nSPS) is 28.0. The smallest absolute Gasteiger partial charge is 0.330 e. The third-order valence-electron chi connectivity index (χ3n) is 8.51. The van der Waals surface area contributed by atoms with E-state index in [1.807, 2.05) is 0 Å². The highest BCUT2D eigenvalue weighted by atomic mass is 16.7. The van der Waals surface area contributed by atoms with Gasteiger partial charge in [0, 0.05) is 47.7 Å². The molecule has 1 saturated heterocycles. The van der Waals surface area contributed by atoms with E-state index in [1.165, 1.54) is 32.2 Å². The Hall–Kier alpha value is -4.30. The molecule has 44 heavy (non-hydrogen) atoms. The number of carboxylic acid groups (broad SMARTS) is 1. The molecule has 0 bridgehead atoms. The minimum atomic E-state index is -2.07. The Kier molecular flexibility index (Phi) is 8.01. The highest BCUT2D eigenvalue weighted by Gasteiger charge is 2.49. The van der Waals surface area contributed by atoms with Crippen LogP contribution in [0.25, 0.3) is 0 Å². The summed E-state index contributed by atoms with van der Waals surface area (Å²) < 4.78 is 17.3. The molecule has 3 aliphatic rings. The Morgan fingerprint density at radius 3 is 2.41 bits per heavy atom. The van der Waals surface area contributed by atoms with Gasteiger partial charge in [-0.3, -0.25) is 14.4 Å². The molecule has 2 aromatic carbocycles. The number of aromatic hydroxyl groups is 2. The molecule has 1 fully saturated rings. The van der Waals surface area contributed by atoms with Crippen LogP contribution in [-0.2, 0) is 25.5 Å². The maximum Gasteiger partial charge on any atom is 0.330 e. The van der Waals surface area contributed by atoms with Gasteiger partial charge in [0.25, 0.3) is 0 Å². The fraction of sp³-hybridized carbons (Fsp3) is 0.419. The first-order chi connectivity index (χ1) is 20.7. The average molecular weight is 612 g/mol. The van der Waals surface area contributed by atoms with Crippen LogP contribution in [0, 0.1) is 0 Å². The van der Waals surface area contributed by atoms with Crippen molar-refractivity contribution in [1.82, 2.24) is 5.32 Å². The van der Waals surface area contributed by atoms with Gasteiger partial charge in [0.2, 0.25) is 5.78 Å². The number of aliphatic hydroxyl groups is 2. The van der Waals surface area contributed by atoms with E-state index >= 15 is 0 Å². The van der Waals surface area contributed by atoms with E-state index in [-0.39, 0.29) is 40.1 Å². The Balaban J connectivity index is 1.60. The first-order valence-electron chi connectivity index (χ1n) is 14.0. The molecule has 0 spiro atoms. The number of allylic oxidation sites excluding steroid dienone is 1. The molecular formula is C31H33NO12. The summed E-state index contributed by atoms with van der Waals surface area (Å²) in [6.45, 7) is 4.23. The van der Waals surface area contributed by atoms with Gasteiger partial charge in [-0.2, -0.15) is 0 Å². The number of hydrogen-bond acceptors (Lipinski definition) is 12. The lowest BCUT2D eigenvalue weighted by molar-refractivity contribution is -0.249. The van der Waals surface area contributed by atoms with E-state index in [4.69, 9.17) is 19.3 Å². The van der Waals surface area contributed by atoms with Crippen LogP contribution >= 0.6 is 0 Å². The van der Waals surface area contributed by atoms with Crippen molar-refractivity contribution in [2.75, 3.05) is 7.11 Å². The Bertz CT molecular complexity index is 1610. The number of Topliss-reactive ketones (excluding diaryl/α,β-unsaturated/α-hetero) is 1. The summed E-state index contributed by atoms with van der Waals surface area (Å²) in [7, 11) is 1.32. The molecule has 0 amide bonds. The number of rotatable bonds is 7. The molecule has 0 saturated carbocycles. The second-order valence-electron chi connectivity index (χ2n) is 11.4. The van der Waals surface area contributed by atoms with E-state index in [9.17, 15) is 39.6 Å². The largest absolute Gasteiger partial charge is 0.507 e. The van der Waals surface area contributed by atoms with Gasteiger partial charge in [0.05, 0.1) is 42.0 Å². The number of benzene rings is 2. The molecule has 6 N–H and O–H groups in total. The molecule has 13 nitrogen and oxygen atoms in total. The fourth-order valence-electron chi connectivity index (χ4n) is 6.29. The van der Waals surface area contributed by atoms with Crippen molar-refractivity contribution in [2.24, 2.45) is 0 Å². The number of carboxylic acids is 1. The highest BCUT2D eigenvalue weighted by Crippen LogP contribution is 2.52. The van der Waals surface area contributed by atoms with Crippen LogP contribution in [0.5, 0.6) is 17.2 Å². The van der Waals surface area contributed by atoms with Gasteiger partial charge < -0.3 is 45.1 Å². The van der Waals surface area contributed by atoms with Gasteiger partial charge in [0.1, 0.15) is 29.0 Å². The van der Waals surface area contributed by atoms with Crippen molar-refractivity contribution in [3.63, 3.8) is 0 Å². The van der Waals surface area contributed by atoms with Crippen molar-refractivity contribution in [3.05, 3.63) is 63.4 Å². The van der Waals surface area contributed by atoms with Crippen molar-refractivity contribution < 1.29 is 58.9 Å². The average Bonchev–Trinajstić information content (AvgIpc) is 2.95. The molecule has 2 aromatic rings. The first kappa shape index (κ1) is 31.1. The molecular weight excluding hydrogens is 578 g/mol. The molecule has 1 heterocycles. The van der Waals surface area contributed by atoms with E-state index in [0.29, 0.717) is 0 Å². The van der Waals surface area contributed by atoms with Gasteiger partial charge in [0.15, 0.2) is 17.9 Å². The Morgan fingerprint density at radius 1 is 1.09 bits per heavy atom. The van der Waals surface area contributed by atoms with E-state index in [0.717, 1.165) is 13.0 Å². The van der Waals surface area contributed by atoms with E-state index in [2.05, 4.69) is 5.32 Å². The number of phenols is 2. The fourth-order valence-corrected chi connectivity index (χ4v) is 6.29. The van der Waals surface area contributed by atoms with E-state index in [1.54, 1.807) is 6.92 Å². The van der Waals surface area contributed by atoms with Crippen molar-refractivity contribution >= 4 is 23.3 Å². The molecule has 1 aliphatic heterocycles. The molecule has 234 valence electrons. The van der Waals surface area contributed by atoms with Gasteiger partial charge >= 0.3 is 5.97 Å². The van der Waals surface area contributed by atoms with Crippen LogP contribution < -0.4 is 10.1 Å². The topological polar surface area (TPSA) is 209 Å². The summed E-state index contributed by atoms with van der Waals surface area (Å²) in [5.41, 5.74) is -3.11. The summed E-state index contributed by atoms with van der Waals surface area (Å²) >= 11 is 0. The van der Waals surface area contributed by atoms with Crippen LogP contribution in [-0.4, -0.2) is 86.1 Å². The number of carbonyl (C=O) groups is 4. The zero-order chi connectivity index (χ0) is 32.2. The quantitative estimate of drug-likeness (QED) is 0.166. The molecule has 5 rings (SSSR count). The third-order valence-corrected chi connectivity index (χ3v) is 8.51. The highest BCUT2D eigenvalue weighted by molar-refractivity contribution is 6.31. The predicted octanol–water partition coefficient (Wildman–Crippen LogP) is 1.65. The van der Waals surface area contributed by atoms with Crippen LogP contribution in [0.4, 0.5) is 0 Å². The number of ether oxygens (including phenoxy) is 3. The Labute approximate surface area is 251 Å². The molecule has 2 aliphatic carbocycles. The molecule has 6 atom stereocenters. The van der Waals surface area contributed by atoms with Gasteiger partial charge in [-0.05, 0) is 26.8 Å². The summed E-state index contributed by atoms with van der Waals surface area (Å²) in [5, 5.41) is 57.1. The van der Waals surface area contributed by atoms with Gasteiger partial charge in [-0.15, -0.1) is 0 Å². The predicted molar refractivity (Wildman–Crippen MR) is 151 cm³/mol. The zero-order valence-electron chi connectivity index (χ0n) is 24.4. The standard InChI is InChI=1S/C31H33NO12/c1-12(8-20(34)35)32-17-9-21(43-13(2)26(17)36)44-19-11-31(41,14(3)33)10-16-23(19)30(40)25-24(28(16)38)27(37)15-6-5-7-18(42-4)22(15)29(25)39/h5-8,13,17,19,21,26,32,36,38,40-41H,9-11H2,1-4H3,(H,34,35)/b12-8+/t13-,17-,19-,21-,26+,31-/m0/s1. The van der Waals surface area contributed by atoms with Crippen molar-refractivity contribution in [3.8, 4) is 17.2 Å². The number of ketones is 3. The number of methoxy groups -OCH3 is 1. The first-order valence-corrected chi connectivity index (χ1v) is 14.0. The van der Waals surface area contributed by atoms with Crippen molar-refractivity contribution in [2.45, 2.75) is 76.3 Å². The molecule has 0 unspecified atom stereocenters. The second-order valence-corrected chi connectivity index (χ2v) is 11.4. The number of phenolic OH excluding ortho intramolecular Hbond substituents is 2. The summed E-state index contributed by atoms with van der Waals surface area (Å²) in [6, 6.07) is 3.65. The lowest BCUT2D eigenvalue weighted by Crippen LogP contribution is -2.54. The molecule has 0 aromatic heterocycles.